The van der Waals surface area contributed by atoms with Crippen molar-refractivity contribution in [2.75, 3.05) is 32.8 Å². The number of amides is 3. The number of likely N-dealkylation sites (tertiary alicyclic amines) is 1. The van der Waals surface area contributed by atoms with Gasteiger partial charge in [0.25, 0.3) is 11.8 Å². The van der Waals surface area contributed by atoms with Crippen LogP contribution in [0.25, 0.3) is 0 Å². The second-order valence-corrected chi connectivity index (χ2v) is 9.46. The van der Waals surface area contributed by atoms with Gasteiger partial charge in [0, 0.05) is 44.6 Å². The highest BCUT2D eigenvalue weighted by Gasteiger charge is 2.54. The van der Waals surface area contributed by atoms with E-state index in [1.165, 1.54) is 6.26 Å². The van der Waals surface area contributed by atoms with E-state index in [0.29, 0.717) is 44.6 Å². The molecular formula is C26H31N3O6. The number of nitrogens with zero attached hydrogens (tertiary/aromatic N) is 2. The van der Waals surface area contributed by atoms with Gasteiger partial charge >= 0.3 is 0 Å². The van der Waals surface area contributed by atoms with Crippen molar-refractivity contribution in [1.29, 1.82) is 0 Å². The first-order valence-electron chi connectivity index (χ1n) is 12.2. The molecule has 3 fully saturated rings. The quantitative estimate of drug-likeness (QED) is 0.704. The SMILES string of the molecule is Cc1ccc(C(=O)N2C(C(=O)NCC3CCCO3)COC23CCN(C(=O)c2ccco2)CC3)cc1. The van der Waals surface area contributed by atoms with Gasteiger partial charge in [0.05, 0.1) is 19.0 Å². The zero-order valence-corrected chi connectivity index (χ0v) is 19.9. The Hall–Kier alpha value is -3.17. The van der Waals surface area contributed by atoms with Crippen LogP contribution in [-0.4, -0.2) is 78.2 Å². The highest BCUT2D eigenvalue weighted by Crippen LogP contribution is 2.39. The van der Waals surface area contributed by atoms with E-state index in [0.717, 1.165) is 18.4 Å². The fraction of sp³-hybridized carbons (Fsp3) is 0.500. The Balaban J connectivity index is 1.35. The Morgan fingerprint density at radius 2 is 1.86 bits per heavy atom. The fourth-order valence-corrected chi connectivity index (χ4v) is 5.16. The number of ether oxygens (including phenoxy) is 2. The fourth-order valence-electron chi connectivity index (χ4n) is 5.16. The molecule has 3 aliphatic rings. The highest BCUT2D eigenvalue weighted by atomic mass is 16.5. The summed E-state index contributed by atoms with van der Waals surface area (Å²) in [7, 11) is 0. The van der Waals surface area contributed by atoms with Crippen LogP contribution >= 0.6 is 0 Å². The number of benzene rings is 1. The molecule has 1 N–H and O–H groups in total. The third kappa shape index (κ3) is 4.70. The first kappa shape index (κ1) is 23.6. The van der Waals surface area contributed by atoms with Crippen molar-refractivity contribution in [3.8, 4) is 0 Å². The van der Waals surface area contributed by atoms with Gasteiger partial charge in [0.2, 0.25) is 5.91 Å². The van der Waals surface area contributed by atoms with Crippen LogP contribution in [0.2, 0.25) is 0 Å². The monoisotopic (exact) mass is 481 g/mol. The summed E-state index contributed by atoms with van der Waals surface area (Å²) in [6, 6.07) is 9.89. The van der Waals surface area contributed by atoms with Crippen LogP contribution in [0.5, 0.6) is 0 Å². The second kappa shape index (κ2) is 9.83. The van der Waals surface area contributed by atoms with Crippen molar-refractivity contribution in [3.05, 3.63) is 59.5 Å². The normalized spacial score (nSPS) is 23.6. The van der Waals surface area contributed by atoms with Gasteiger partial charge in [-0.3, -0.25) is 19.3 Å². The first-order valence-corrected chi connectivity index (χ1v) is 12.2. The van der Waals surface area contributed by atoms with Crippen LogP contribution < -0.4 is 5.32 Å². The van der Waals surface area contributed by atoms with Gasteiger partial charge in [0.15, 0.2) is 5.76 Å². The van der Waals surface area contributed by atoms with Crippen LogP contribution in [-0.2, 0) is 14.3 Å². The number of hydrogen-bond acceptors (Lipinski definition) is 6. The van der Waals surface area contributed by atoms with Crippen molar-refractivity contribution < 1.29 is 28.3 Å². The van der Waals surface area contributed by atoms with E-state index in [4.69, 9.17) is 13.9 Å². The predicted molar refractivity (Wildman–Crippen MR) is 126 cm³/mol. The van der Waals surface area contributed by atoms with Crippen molar-refractivity contribution in [3.63, 3.8) is 0 Å². The Kier molecular flexibility index (Phi) is 6.62. The number of aryl methyl sites for hydroxylation is 1. The van der Waals surface area contributed by atoms with E-state index in [9.17, 15) is 14.4 Å². The number of furan rings is 1. The molecule has 5 rings (SSSR count). The standard InChI is InChI=1S/C26H31N3O6/c1-18-6-8-19(9-7-18)24(31)29-21(23(30)27-16-20-4-2-14-33-20)17-35-26(29)10-12-28(13-11-26)25(32)22-5-3-15-34-22/h3,5-9,15,20-21H,2,4,10-14,16-17H2,1H3,(H,27,30). The number of rotatable bonds is 5. The lowest BCUT2D eigenvalue weighted by atomic mass is 9.96. The summed E-state index contributed by atoms with van der Waals surface area (Å²) in [6.07, 6.45) is 4.20. The number of carbonyl (C=O) groups is 3. The molecule has 35 heavy (non-hydrogen) atoms. The summed E-state index contributed by atoms with van der Waals surface area (Å²) in [5.41, 5.74) is 0.601. The average Bonchev–Trinajstić information content (AvgIpc) is 3.65. The first-order chi connectivity index (χ1) is 17.0. The molecule has 2 atom stereocenters. The second-order valence-electron chi connectivity index (χ2n) is 9.46. The van der Waals surface area contributed by atoms with Gasteiger partial charge in [-0.1, -0.05) is 17.7 Å². The lowest BCUT2D eigenvalue weighted by Gasteiger charge is -2.44. The van der Waals surface area contributed by atoms with Gasteiger partial charge in [0.1, 0.15) is 11.8 Å². The number of nitrogens with one attached hydrogen (secondary N) is 1. The van der Waals surface area contributed by atoms with Crippen molar-refractivity contribution in [2.24, 2.45) is 0 Å². The van der Waals surface area contributed by atoms with Crippen LogP contribution in [0, 0.1) is 6.92 Å². The van der Waals surface area contributed by atoms with E-state index in [2.05, 4.69) is 5.32 Å². The molecule has 3 aliphatic heterocycles. The summed E-state index contributed by atoms with van der Waals surface area (Å²) in [6.45, 7) is 3.98. The average molecular weight is 482 g/mol. The Bertz CT molecular complexity index is 1050. The van der Waals surface area contributed by atoms with Crippen molar-refractivity contribution >= 4 is 17.7 Å². The highest BCUT2D eigenvalue weighted by molar-refractivity contribution is 5.98. The third-order valence-corrected chi connectivity index (χ3v) is 7.17. The molecule has 3 saturated heterocycles. The Morgan fingerprint density at radius 1 is 1.09 bits per heavy atom. The summed E-state index contributed by atoms with van der Waals surface area (Å²) in [4.78, 5) is 43.1. The molecule has 0 saturated carbocycles. The molecule has 4 heterocycles. The van der Waals surface area contributed by atoms with Crippen LogP contribution in [0.15, 0.2) is 47.1 Å². The van der Waals surface area contributed by atoms with E-state index < -0.39 is 11.8 Å². The molecule has 0 aliphatic carbocycles. The smallest absolute Gasteiger partial charge is 0.289 e. The number of carbonyl (C=O) groups excluding carboxylic acids is 3. The summed E-state index contributed by atoms with van der Waals surface area (Å²) < 4.78 is 17.1. The summed E-state index contributed by atoms with van der Waals surface area (Å²) in [5, 5.41) is 2.96. The maximum Gasteiger partial charge on any atom is 0.289 e. The van der Waals surface area contributed by atoms with Gasteiger partial charge < -0.3 is 24.1 Å². The van der Waals surface area contributed by atoms with Gasteiger partial charge in [-0.2, -0.15) is 0 Å². The van der Waals surface area contributed by atoms with E-state index in [1.54, 1.807) is 34.1 Å². The van der Waals surface area contributed by atoms with Crippen LogP contribution in [0.4, 0.5) is 0 Å². The summed E-state index contributed by atoms with van der Waals surface area (Å²) >= 11 is 0. The maximum absolute atomic E-state index is 13.8. The zero-order valence-electron chi connectivity index (χ0n) is 19.9. The molecule has 1 aromatic heterocycles. The van der Waals surface area contributed by atoms with Gasteiger partial charge in [-0.05, 0) is 44.0 Å². The number of piperidine rings is 1. The minimum atomic E-state index is -0.951. The number of hydrogen-bond donors (Lipinski definition) is 1. The minimum Gasteiger partial charge on any atom is -0.459 e. The predicted octanol–water partition coefficient (Wildman–Crippen LogP) is 2.36. The molecule has 9 nitrogen and oxygen atoms in total. The zero-order chi connectivity index (χ0) is 24.4. The summed E-state index contributed by atoms with van der Waals surface area (Å²) in [5.74, 6) is -0.394. The van der Waals surface area contributed by atoms with Crippen LogP contribution in [0.3, 0.4) is 0 Å². The van der Waals surface area contributed by atoms with Gasteiger partial charge in [-0.25, -0.2) is 0 Å². The Labute approximate surface area is 204 Å². The molecule has 9 heteroatoms. The molecule has 2 unspecified atom stereocenters. The van der Waals surface area contributed by atoms with E-state index >= 15 is 0 Å². The van der Waals surface area contributed by atoms with E-state index in [1.807, 2.05) is 19.1 Å². The molecule has 2 aromatic rings. The van der Waals surface area contributed by atoms with Crippen molar-refractivity contribution in [1.82, 2.24) is 15.1 Å². The lowest BCUT2D eigenvalue weighted by Crippen LogP contribution is -2.60. The largest absolute Gasteiger partial charge is 0.459 e. The Morgan fingerprint density at radius 3 is 2.51 bits per heavy atom. The molecule has 1 aromatic carbocycles. The molecule has 186 valence electrons. The molecule has 0 bridgehead atoms. The molecule has 3 amide bonds. The molecule has 1 spiro atoms. The van der Waals surface area contributed by atoms with Gasteiger partial charge in [-0.15, -0.1) is 0 Å². The third-order valence-electron chi connectivity index (χ3n) is 7.17. The molecule has 0 radical (unpaired) electrons. The van der Waals surface area contributed by atoms with E-state index in [-0.39, 0.29) is 36.2 Å². The van der Waals surface area contributed by atoms with Crippen molar-refractivity contribution in [2.45, 2.75) is 50.5 Å². The topological polar surface area (TPSA) is 101 Å². The lowest BCUT2D eigenvalue weighted by molar-refractivity contribution is -0.128. The maximum atomic E-state index is 13.8. The van der Waals surface area contributed by atoms with Crippen LogP contribution in [0.1, 0.15) is 52.2 Å². The molecular weight excluding hydrogens is 450 g/mol. The minimum absolute atomic E-state index is 0.00679.